The second-order valence-electron chi connectivity index (χ2n) is 6.13. The molecule has 0 saturated carbocycles. The molecule has 1 unspecified atom stereocenters. The maximum absolute atomic E-state index is 8.98. The summed E-state index contributed by atoms with van der Waals surface area (Å²) in [4.78, 5) is 7.71. The smallest absolute Gasteiger partial charge is 0.0558 e. The van der Waals surface area contributed by atoms with E-state index in [1.165, 1.54) is 45.4 Å². The largest absolute Gasteiger partial charge is 0.395 e. The maximum atomic E-state index is 8.98. The lowest BCUT2D eigenvalue weighted by Crippen LogP contribution is -2.54. The first-order chi connectivity index (χ1) is 9.24. The van der Waals surface area contributed by atoms with Crippen molar-refractivity contribution in [3.63, 3.8) is 0 Å². The molecule has 2 heterocycles. The molecule has 2 saturated heterocycles. The maximum Gasteiger partial charge on any atom is 0.0558 e. The summed E-state index contributed by atoms with van der Waals surface area (Å²) in [7, 11) is 0. The Labute approximate surface area is 118 Å². The summed E-state index contributed by atoms with van der Waals surface area (Å²) in [6.07, 6.45) is 3.94. The van der Waals surface area contributed by atoms with Crippen LogP contribution in [0.1, 0.15) is 33.1 Å². The average Bonchev–Trinajstić information content (AvgIpc) is 2.48. The summed E-state index contributed by atoms with van der Waals surface area (Å²) < 4.78 is 0. The lowest BCUT2D eigenvalue weighted by molar-refractivity contribution is 0.0446. The highest BCUT2D eigenvalue weighted by Gasteiger charge is 2.28. The zero-order valence-electron chi connectivity index (χ0n) is 12.7. The summed E-state index contributed by atoms with van der Waals surface area (Å²) in [6, 6.07) is 1.55. The molecule has 1 atom stereocenters. The van der Waals surface area contributed by atoms with Crippen LogP contribution >= 0.6 is 0 Å². The van der Waals surface area contributed by atoms with E-state index in [0.29, 0.717) is 6.61 Å². The molecule has 0 amide bonds. The number of hydrogen-bond donors (Lipinski definition) is 1. The van der Waals surface area contributed by atoms with Gasteiger partial charge in [-0.3, -0.25) is 9.80 Å². The minimum absolute atomic E-state index is 0.299. The van der Waals surface area contributed by atoms with Gasteiger partial charge in [0.15, 0.2) is 0 Å². The molecule has 2 rings (SSSR count). The van der Waals surface area contributed by atoms with Crippen LogP contribution in [-0.4, -0.2) is 84.3 Å². The predicted octanol–water partition coefficient (Wildman–Crippen LogP) is 0.859. The van der Waals surface area contributed by atoms with E-state index >= 15 is 0 Å². The van der Waals surface area contributed by atoms with Gasteiger partial charge in [-0.2, -0.15) is 0 Å². The number of likely N-dealkylation sites (tertiary alicyclic amines) is 1. The van der Waals surface area contributed by atoms with Crippen LogP contribution < -0.4 is 0 Å². The van der Waals surface area contributed by atoms with Gasteiger partial charge in [0.05, 0.1) is 6.61 Å². The van der Waals surface area contributed by atoms with Crippen molar-refractivity contribution in [1.29, 1.82) is 0 Å². The molecule has 0 radical (unpaired) electrons. The van der Waals surface area contributed by atoms with Crippen LogP contribution in [0.25, 0.3) is 0 Å². The number of aliphatic hydroxyl groups is 1. The Kier molecular flexibility index (Phi) is 6.07. The Morgan fingerprint density at radius 3 is 2.21 bits per heavy atom. The summed E-state index contributed by atoms with van der Waals surface area (Å²) in [5, 5.41) is 8.98. The van der Waals surface area contributed by atoms with E-state index in [4.69, 9.17) is 5.11 Å². The molecular formula is C15H31N3O. The van der Waals surface area contributed by atoms with Gasteiger partial charge >= 0.3 is 0 Å². The first-order valence-electron chi connectivity index (χ1n) is 8.06. The van der Waals surface area contributed by atoms with Gasteiger partial charge in [0, 0.05) is 44.8 Å². The molecule has 0 bridgehead atoms. The number of hydrogen-bond acceptors (Lipinski definition) is 4. The van der Waals surface area contributed by atoms with Crippen molar-refractivity contribution in [3.8, 4) is 0 Å². The van der Waals surface area contributed by atoms with Gasteiger partial charge in [-0.15, -0.1) is 0 Å². The molecule has 4 nitrogen and oxygen atoms in total. The third-order valence-corrected chi connectivity index (χ3v) is 5.05. The second-order valence-corrected chi connectivity index (χ2v) is 6.13. The predicted molar refractivity (Wildman–Crippen MR) is 79.4 cm³/mol. The molecule has 4 heteroatoms. The normalized spacial score (nSPS) is 26.7. The summed E-state index contributed by atoms with van der Waals surface area (Å²) in [6.45, 7) is 13.0. The molecule has 0 aliphatic carbocycles. The van der Waals surface area contributed by atoms with E-state index < -0.39 is 0 Å². The molecular weight excluding hydrogens is 238 g/mol. The van der Waals surface area contributed by atoms with E-state index in [2.05, 4.69) is 28.5 Å². The topological polar surface area (TPSA) is 30.0 Å². The van der Waals surface area contributed by atoms with Crippen molar-refractivity contribution in [1.82, 2.24) is 14.7 Å². The van der Waals surface area contributed by atoms with Gasteiger partial charge in [0.2, 0.25) is 0 Å². The number of piperidine rings is 1. The molecule has 19 heavy (non-hydrogen) atoms. The van der Waals surface area contributed by atoms with Crippen molar-refractivity contribution in [2.45, 2.75) is 45.2 Å². The molecule has 0 aromatic carbocycles. The van der Waals surface area contributed by atoms with E-state index in [1.54, 1.807) is 0 Å². The lowest BCUT2D eigenvalue weighted by Gasteiger charge is -2.43. The van der Waals surface area contributed by atoms with Crippen molar-refractivity contribution in [2.24, 2.45) is 0 Å². The molecule has 112 valence electrons. The fourth-order valence-electron chi connectivity index (χ4n) is 3.44. The third kappa shape index (κ3) is 4.15. The molecule has 0 spiro atoms. The monoisotopic (exact) mass is 269 g/mol. The molecule has 0 aromatic heterocycles. The molecule has 2 aliphatic heterocycles. The minimum atomic E-state index is 0.299. The van der Waals surface area contributed by atoms with Crippen molar-refractivity contribution in [3.05, 3.63) is 0 Å². The summed E-state index contributed by atoms with van der Waals surface area (Å²) in [5.41, 5.74) is 0. The van der Waals surface area contributed by atoms with Crippen LogP contribution in [0.5, 0.6) is 0 Å². The van der Waals surface area contributed by atoms with Gasteiger partial charge in [-0.05, 0) is 39.3 Å². The zero-order chi connectivity index (χ0) is 13.7. The zero-order valence-corrected chi connectivity index (χ0v) is 12.7. The third-order valence-electron chi connectivity index (χ3n) is 5.05. The van der Waals surface area contributed by atoms with Gasteiger partial charge in [-0.25, -0.2) is 0 Å². The van der Waals surface area contributed by atoms with E-state index in [9.17, 15) is 0 Å². The van der Waals surface area contributed by atoms with E-state index in [1.807, 2.05) is 0 Å². The first-order valence-corrected chi connectivity index (χ1v) is 8.06. The SMILES string of the molecule is CCC(C)N1CCC(N2CCN(CCO)CC2)CC1. The average molecular weight is 269 g/mol. The number of piperazine rings is 1. The number of β-amino-alcohol motifs (C(OH)–C–C–N with tert-alkyl or cyclic N) is 1. The van der Waals surface area contributed by atoms with Gasteiger partial charge in [0.1, 0.15) is 0 Å². The lowest BCUT2D eigenvalue weighted by atomic mass is 10.0. The van der Waals surface area contributed by atoms with Crippen LogP contribution in [0.4, 0.5) is 0 Å². The van der Waals surface area contributed by atoms with Gasteiger partial charge in [0.25, 0.3) is 0 Å². The molecule has 1 N–H and O–H groups in total. The van der Waals surface area contributed by atoms with Crippen LogP contribution in [-0.2, 0) is 0 Å². The van der Waals surface area contributed by atoms with Crippen LogP contribution in [0.2, 0.25) is 0 Å². The van der Waals surface area contributed by atoms with Gasteiger partial charge < -0.3 is 10.0 Å². The quantitative estimate of drug-likeness (QED) is 0.802. The fraction of sp³-hybridized carbons (Fsp3) is 1.00. The highest BCUT2D eigenvalue weighted by molar-refractivity contribution is 4.84. The summed E-state index contributed by atoms with van der Waals surface area (Å²) in [5.74, 6) is 0. The standard InChI is InChI=1S/C15H31N3O/c1-3-14(2)17-6-4-15(5-7-17)18-10-8-16(9-11-18)12-13-19/h14-15,19H,3-13H2,1-2H3. The highest BCUT2D eigenvalue weighted by atomic mass is 16.3. The minimum Gasteiger partial charge on any atom is -0.395 e. The Balaban J connectivity index is 1.71. The number of aliphatic hydroxyl groups excluding tert-OH is 1. The Morgan fingerprint density at radius 2 is 1.68 bits per heavy atom. The Bertz CT molecular complexity index is 246. The van der Waals surface area contributed by atoms with E-state index in [0.717, 1.165) is 31.7 Å². The van der Waals surface area contributed by atoms with Crippen molar-refractivity contribution in [2.75, 3.05) is 52.4 Å². The number of rotatable bonds is 5. The molecule has 2 fully saturated rings. The molecule has 0 aromatic rings. The van der Waals surface area contributed by atoms with Crippen LogP contribution in [0.3, 0.4) is 0 Å². The second kappa shape index (κ2) is 7.58. The van der Waals surface area contributed by atoms with E-state index in [-0.39, 0.29) is 0 Å². The number of nitrogens with zero attached hydrogens (tertiary/aromatic N) is 3. The van der Waals surface area contributed by atoms with Crippen molar-refractivity contribution >= 4 is 0 Å². The molecule has 2 aliphatic rings. The van der Waals surface area contributed by atoms with Crippen LogP contribution in [0, 0.1) is 0 Å². The fourth-order valence-corrected chi connectivity index (χ4v) is 3.44. The Hall–Kier alpha value is -0.160. The van der Waals surface area contributed by atoms with Crippen molar-refractivity contribution < 1.29 is 5.11 Å². The Morgan fingerprint density at radius 1 is 1.05 bits per heavy atom. The van der Waals surface area contributed by atoms with Crippen LogP contribution in [0.15, 0.2) is 0 Å². The first kappa shape index (κ1) is 15.2. The highest BCUT2D eigenvalue weighted by Crippen LogP contribution is 2.20. The van der Waals surface area contributed by atoms with Gasteiger partial charge in [-0.1, -0.05) is 6.92 Å². The summed E-state index contributed by atoms with van der Waals surface area (Å²) >= 11 is 0.